The van der Waals surface area contributed by atoms with E-state index in [4.69, 9.17) is 5.73 Å². The molecule has 7 heteroatoms. The highest BCUT2D eigenvalue weighted by Crippen LogP contribution is 2.29. The predicted octanol–water partition coefficient (Wildman–Crippen LogP) is 1.24. The Morgan fingerprint density at radius 3 is 2.66 bits per heavy atom. The lowest BCUT2D eigenvalue weighted by Crippen LogP contribution is -2.52. The summed E-state index contributed by atoms with van der Waals surface area (Å²) in [4.78, 5) is 38.3. The third kappa shape index (κ3) is 3.92. The Bertz CT molecular complexity index is 944. The van der Waals surface area contributed by atoms with Crippen LogP contribution in [0.3, 0.4) is 0 Å². The molecule has 0 aliphatic carbocycles. The maximum absolute atomic E-state index is 13.1. The second kappa shape index (κ2) is 8.14. The molecule has 0 bridgehead atoms. The number of nitrogens with one attached hydrogen (secondary N) is 2. The topological polar surface area (TPSA) is 105 Å². The van der Waals surface area contributed by atoms with Crippen molar-refractivity contribution in [2.24, 2.45) is 5.73 Å². The van der Waals surface area contributed by atoms with Crippen molar-refractivity contribution < 1.29 is 14.4 Å². The molecule has 2 atom stereocenters. The number of amides is 3. The Balaban J connectivity index is 1.43. The van der Waals surface area contributed by atoms with E-state index in [9.17, 15) is 14.4 Å². The summed E-state index contributed by atoms with van der Waals surface area (Å²) in [7, 11) is 0. The first kappa shape index (κ1) is 19.3. The van der Waals surface area contributed by atoms with Crippen LogP contribution < -0.4 is 16.4 Å². The lowest BCUT2D eigenvalue weighted by molar-refractivity contribution is -0.136. The van der Waals surface area contributed by atoms with Gasteiger partial charge in [-0.05, 0) is 23.1 Å². The average Bonchev–Trinajstić information content (AvgIpc) is 3.06. The molecule has 2 aliphatic rings. The summed E-state index contributed by atoms with van der Waals surface area (Å²) in [5.41, 5.74) is 9.74. The zero-order chi connectivity index (χ0) is 20.4. The minimum atomic E-state index is -0.597. The molecule has 3 amide bonds. The number of imide groups is 1. The van der Waals surface area contributed by atoms with E-state index in [2.05, 4.69) is 10.6 Å². The van der Waals surface area contributed by atoms with Crippen molar-refractivity contribution in [3.05, 3.63) is 70.8 Å². The highest BCUT2D eigenvalue weighted by Gasteiger charge is 2.39. The van der Waals surface area contributed by atoms with Crippen LogP contribution in [0.15, 0.2) is 48.5 Å². The Morgan fingerprint density at radius 2 is 1.90 bits per heavy atom. The molecular weight excluding hydrogens is 368 g/mol. The number of fused-ring (bicyclic) bond motifs is 1. The van der Waals surface area contributed by atoms with Gasteiger partial charge in [0.05, 0.1) is 0 Å². The van der Waals surface area contributed by atoms with E-state index in [1.54, 1.807) is 4.90 Å². The van der Waals surface area contributed by atoms with Gasteiger partial charge in [-0.1, -0.05) is 48.5 Å². The summed E-state index contributed by atoms with van der Waals surface area (Å²) in [6.07, 6.45) is 0.617. The maximum atomic E-state index is 13.1. The molecule has 29 heavy (non-hydrogen) atoms. The largest absolute Gasteiger partial charge is 0.323 e. The Kier molecular flexibility index (Phi) is 5.42. The van der Waals surface area contributed by atoms with Gasteiger partial charge in [-0.15, -0.1) is 0 Å². The van der Waals surface area contributed by atoms with Gasteiger partial charge >= 0.3 is 0 Å². The van der Waals surface area contributed by atoms with Gasteiger partial charge in [-0.2, -0.15) is 0 Å². The van der Waals surface area contributed by atoms with E-state index in [0.29, 0.717) is 31.6 Å². The average molecular weight is 392 g/mol. The minimum absolute atomic E-state index is 0.136. The molecule has 0 radical (unpaired) electrons. The number of nitrogens with two attached hydrogens (primary N) is 1. The van der Waals surface area contributed by atoms with Gasteiger partial charge in [-0.25, -0.2) is 0 Å². The van der Waals surface area contributed by atoms with Gasteiger partial charge in [0.15, 0.2) is 0 Å². The number of rotatable bonds is 6. The van der Waals surface area contributed by atoms with E-state index >= 15 is 0 Å². The van der Waals surface area contributed by atoms with E-state index in [1.807, 2.05) is 48.5 Å². The van der Waals surface area contributed by atoms with Gasteiger partial charge in [0.2, 0.25) is 11.8 Å². The molecule has 2 aromatic rings. The van der Waals surface area contributed by atoms with Gasteiger partial charge in [0, 0.05) is 37.7 Å². The summed E-state index contributed by atoms with van der Waals surface area (Å²) >= 11 is 0. The molecule has 4 rings (SSSR count). The van der Waals surface area contributed by atoms with E-state index in [1.165, 1.54) is 0 Å². The normalized spacial score (nSPS) is 19.8. The zero-order valence-electron chi connectivity index (χ0n) is 16.1. The molecule has 0 saturated carbocycles. The molecular formula is C22H24N4O3. The summed E-state index contributed by atoms with van der Waals surface area (Å²) in [6, 6.07) is 14.9. The predicted molar refractivity (Wildman–Crippen MR) is 108 cm³/mol. The molecule has 150 valence electrons. The van der Waals surface area contributed by atoms with E-state index in [0.717, 1.165) is 16.7 Å². The molecule has 1 saturated heterocycles. The van der Waals surface area contributed by atoms with Crippen molar-refractivity contribution in [1.82, 2.24) is 15.5 Å². The van der Waals surface area contributed by atoms with E-state index in [-0.39, 0.29) is 24.3 Å². The molecule has 1 fully saturated rings. The highest BCUT2D eigenvalue weighted by atomic mass is 16.2. The van der Waals surface area contributed by atoms with Crippen LogP contribution in [0.2, 0.25) is 0 Å². The van der Waals surface area contributed by atoms with Crippen molar-refractivity contribution in [3.63, 3.8) is 0 Å². The monoisotopic (exact) mass is 392 g/mol. The number of hydrogen-bond acceptors (Lipinski definition) is 5. The number of hydrogen-bond donors (Lipinski definition) is 3. The summed E-state index contributed by atoms with van der Waals surface area (Å²) < 4.78 is 0. The first-order valence-electron chi connectivity index (χ1n) is 9.81. The molecule has 2 aromatic carbocycles. The number of benzene rings is 2. The van der Waals surface area contributed by atoms with Crippen LogP contribution in [0.5, 0.6) is 0 Å². The van der Waals surface area contributed by atoms with Crippen LogP contribution in [0.1, 0.15) is 45.9 Å². The van der Waals surface area contributed by atoms with Crippen molar-refractivity contribution in [2.75, 3.05) is 6.54 Å². The molecule has 0 aromatic heterocycles. The van der Waals surface area contributed by atoms with Crippen LogP contribution in [0, 0.1) is 0 Å². The fourth-order valence-electron chi connectivity index (χ4n) is 4.02. The second-order valence-corrected chi connectivity index (χ2v) is 7.50. The van der Waals surface area contributed by atoms with Crippen LogP contribution in [0.4, 0.5) is 0 Å². The Morgan fingerprint density at radius 1 is 1.10 bits per heavy atom. The summed E-state index contributed by atoms with van der Waals surface area (Å²) in [5.74, 6) is -0.828. The van der Waals surface area contributed by atoms with Crippen LogP contribution in [-0.4, -0.2) is 35.2 Å². The smallest absolute Gasteiger partial charge is 0.255 e. The minimum Gasteiger partial charge on any atom is -0.323 e. The fraction of sp³-hybridized carbons (Fsp3) is 0.318. The zero-order valence-corrected chi connectivity index (χ0v) is 16.1. The van der Waals surface area contributed by atoms with Crippen LogP contribution in [-0.2, 0) is 22.7 Å². The van der Waals surface area contributed by atoms with Gasteiger partial charge < -0.3 is 16.0 Å². The lowest BCUT2D eigenvalue weighted by Gasteiger charge is -2.29. The maximum Gasteiger partial charge on any atom is 0.255 e. The second-order valence-electron chi connectivity index (χ2n) is 7.50. The highest BCUT2D eigenvalue weighted by molar-refractivity contribution is 6.05. The van der Waals surface area contributed by atoms with Crippen LogP contribution in [0.25, 0.3) is 0 Å². The standard InChI is InChI=1S/C22H24N4O3/c23-17(14-5-2-1-3-6-14)12-24-11-15-7-4-8-16-13-26(22(29)20(15)16)18-9-10-19(27)25-21(18)28/h1-8,17-18,24H,9-13,23H2,(H,25,27,28)/t17-,18?/m0/s1. The summed E-state index contributed by atoms with van der Waals surface area (Å²) in [6.45, 7) is 1.48. The molecule has 4 N–H and O–H groups in total. The first-order chi connectivity index (χ1) is 14.0. The molecule has 2 aliphatic heterocycles. The van der Waals surface area contributed by atoms with Crippen molar-refractivity contribution >= 4 is 17.7 Å². The molecule has 0 spiro atoms. The van der Waals surface area contributed by atoms with Crippen LogP contribution >= 0.6 is 0 Å². The third-order valence-electron chi connectivity index (χ3n) is 5.55. The van der Waals surface area contributed by atoms with Gasteiger partial charge in [-0.3, -0.25) is 19.7 Å². The number of piperidine rings is 1. The van der Waals surface area contributed by atoms with Gasteiger partial charge in [0.1, 0.15) is 6.04 Å². The quantitative estimate of drug-likeness (QED) is 0.642. The molecule has 2 heterocycles. The number of nitrogens with zero attached hydrogens (tertiary/aromatic N) is 1. The van der Waals surface area contributed by atoms with Gasteiger partial charge in [0.25, 0.3) is 5.91 Å². The van der Waals surface area contributed by atoms with E-state index < -0.39 is 11.9 Å². The number of carbonyl (C=O) groups is 3. The van der Waals surface area contributed by atoms with Crippen molar-refractivity contribution in [3.8, 4) is 0 Å². The first-order valence-corrected chi connectivity index (χ1v) is 9.81. The molecule has 7 nitrogen and oxygen atoms in total. The number of carbonyl (C=O) groups excluding carboxylic acids is 3. The summed E-state index contributed by atoms with van der Waals surface area (Å²) in [5, 5.41) is 5.67. The SMILES string of the molecule is N[C@@H](CNCc1cccc2c1C(=O)N(C1CCC(=O)NC1=O)C2)c1ccccc1. The fourth-order valence-corrected chi connectivity index (χ4v) is 4.02. The lowest BCUT2D eigenvalue weighted by atomic mass is 10.0. The Hall–Kier alpha value is -3.03. The third-order valence-corrected chi connectivity index (χ3v) is 5.55. The van der Waals surface area contributed by atoms with Crippen molar-refractivity contribution in [1.29, 1.82) is 0 Å². The Labute approximate surface area is 169 Å². The molecule has 1 unspecified atom stereocenters. The van der Waals surface area contributed by atoms with Crippen molar-refractivity contribution in [2.45, 2.75) is 38.0 Å².